The Kier molecular flexibility index (Phi) is 9.17. The van der Waals surface area contributed by atoms with Crippen molar-refractivity contribution in [1.29, 1.82) is 0 Å². The summed E-state index contributed by atoms with van der Waals surface area (Å²) in [7, 11) is 0. The molecule has 132 valence electrons. The molecule has 7 heteroatoms. The molecule has 0 aromatic heterocycles. The molecule has 0 rings (SSSR count). The number of aliphatic hydroxyl groups is 1. The first-order valence-electron chi connectivity index (χ1n) is 7.53. The summed E-state index contributed by atoms with van der Waals surface area (Å²) < 4.78 is 4.90. The van der Waals surface area contributed by atoms with Gasteiger partial charge in [-0.2, -0.15) is 0 Å². The van der Waals surface area contributed by atoms with E-state index in [1.165, 1.54) is 5.57 Å². The SMILES string of the molecule is CC(C)=CCCC(C)CCOC(=O)CC(O)(CC(=O)O)C(=O)O. The molecule has 0 amide bonds. The number of hydrogen-bond acceptors (Lipinski definition) is 5. The van der Waals surface area contributed by atoms with Crippen LogP contribution in [0.1, 0.15) is 52.9 Å². The van der Waals surface area contributed by atoms with Crippen LogP contribution in [0.5, 0.6) is 0 Å². The number of carboxylic acid groups (broad SMARTS) is 2. The largest absolute Gasteiger partial charge is 0.481 e. The van der Waals surface area contributed by atoms with Crippen LogP contribution in [0, 0.1) is 5.92 Å². The van der Waals surface area contributed by atoms with Crippen molar-refractivity contribution in [2.45, 2.75) is 58.5 Å². The maximum Gasteiger partial charge on any atom is 0.336 e. The molecule has 23 heavy (non-hydrogen) atoms. The molecule has 2 unspecified atom stereocenters. The summed E-state index contributed by atoms with van der Waals surface area (Å²) in [5, 5.41) is 27.2. The Labute approximate surface area is 136 Å². The van der Waals surface area contributed by atoms with Gasteiger partial charge in [0.25, 0.3) is 0 Å². The summed E-state index contributed by atoms with van der Waals surface area (Å²) in [6.45, 7) is 6.17. The van der Waals surface area contributed by atoms with Crippen LogP contribution in [0.3, 0.4) is 0 Å². The van der Waals surface area contributed by atoms with Gasteiger partial charge >= 0.3 is 17.9 Å². The topological polar surface area (TPSA) is 121 Å². The van der Waals surface area contributed by atoms with Crippen LogP contribution in [0.4, 0.5) is 0 Å². The van der Waals surface area contributed by atoms with Crippen molar-refractivity contribution in [3.63, 3.8) is 0 Å². The van der Waals surface area contributed by atoms with Gasteiger partial charge in [-0.1, -0.05) is 18.6 Å². The van der Waals surface area contributed by atoms with E-state index < -0.39 is 36.4 Å². The Morgan fingerprint density at radius 2 is 1.74 bits per heavy atom. The third-order valence-corrected chi connectivity index (χ3v) is 3.36. The van der Waals surface area contributed by atoms with E-state index >= 15 is 0 Å². The fourth-order valence-corrected chi connectivity index (χ4v) is 1.93. The van der Waals surface area contributed by atoms with Gasteiger partial charge in [-0.25, -0.2) is 4.79 Å². The number of aliphatic carboxylic acids is 2. The maximum absolute atomic E-state index is 11.6. The highest BCUT2D eigenvalue weighted by Gasteiger charge is 2.41. The lowest BCUT2D eigenvalue weighted by Gasteiger charge is -2.20. The van der Waals surface area contributed by atoms with E-state index in [-0.39, 0.29) is 6.61 Å². The summed E-state index contributed by atoms with van der Waals surface area (Å²) in [6.07, 6.45) is 2.68. The van der Waals surface area contributed by atoms with E-state index in [9.17, 15) is 19.5 Å². The monoisotopic (exact) mass is 330 g/mol. The number of carbonyl (C=O) groups is 3. The molecule has 2 atom stereocenters. The van der Waals surface area contributed by atoms with Gasteiger partial charge in [-0.3, -0.25) is 9.59 Å². The Morgan fingerprint density at radius 1 is 1.13 bits per heavy atom. The first-order chi connectivity index (χ1) is 10.6. The van der Waals surface area contributed by atoms with E-state index in [4.69, 9.17) is 14.9 Å². The zero-order valence-electron chi connectivity index (χ0n) is 13.9. The van der Waals surface area contributed by atoms with Crippen molar-refractivity contribution in [3.8, 4) is 0 Å². The molecule has 0 saturated heterocycles. The summed E-state index contributed by atoms with van der Waals surface area (Å²) in [5.41, 5.74) is -1.40. The molecular formula is C16H26O7. The van der Waals surface area contributed by atoms with Crippen molar-refractivity contribution in [3.05, 3.63) is 11.6 Å². The number of rotatable bonds is 11. The van der Waals surface area contributed by atoms with Gasteiger partial charge in [0.05, 0.1) is 19.4 Å². The molecule has 0 saturated carbocycles. The highest BCUT2D eigenvalue weighted by atomic mass is 16.5. The minimum atomic E-state index is -2.64. The maximum atomic E-state index is 11.6. The Bertz CT molecular complexity index is 451. The standard InChI is InChI=1S/C16H26O7/c1-11(2)5-4-6-12(3)7-8-23-14(19)10-16(22,15(20)21)9-13(17)18/h5,12,22H,4,6-10H2,1-3H3,(H,17,18)(H,20,21). The molecule has 0 aliphatic rings. The molecule has 0 aromatic rings. The van der Waals surface area contributed by atoms with Gasteiger partial charge < -0.3 is 20.1 Å². The van der Waals surface area contributed by atoms with Gasteiger partial charge in [0, 0.05) is 0 Å². The molecule has 0 fully saturated rings. The molecule has 0 aliphatic heterocycles. The van der Waals surface area contributed by atoms with E-state index in [1.54, 1.807) is 0 Å². The third kappa shape index (κ3) is 9.67. The summed E-state index contributed by atoms with van der Waals surface area (Å²) in [6, 6.07) is 0. The Hall–Kier alpha value is -1.89. The van der Waals surface area contributed by atoms with Crippen LogP contribution in [0.15, 0.2) is 11.6 Å². The van der Waals surface area contributed by atoms with Crippen molar-refractivity contribution in [1.82, 2.24) is 0 Å². The van der Waals surface area contributed by atoms with Crippen LogP contribution >= 0.6 is 0 Å². The predicted octanol–water partition coefficient (Wildman–Crippen LogP) is 1.98. The first kappa shape index (κ1) is 21.1. The van der Waals surface area contributed by atoms with Crippen LogP contribution in [-0.2, 0) is 19.1 Å². The highest BCUT2D eigenvalue weighted by Crippen LogP contribution is 2.18. The van der Waals surface area contributed by atoms with Gasteiger partial charge in [0.1, 0.15) is 0 Å². The lowest BCUT2D eigenvalue weighted by atomic mass is 9.96. The normalized spacial score (nSPS) is 14.4. The zero-order valence-corrected chi connectivity index (χ0v) is 13.9. The van der Waals surface area contributed by atoms with Crippen molar-refractivity contribution in [2.75, 3.05) is 6.61 Å². The molecule has 0 radical (unpaired) electrons. The van der Waals surface area contributed by atoms with Crippen LogP contribution in [0.2, 0.25) is 0 Å². The molecule has 0 spiro atoms. The second kappa shape index (κ2) is 9.99. The number of esters is 1. The third-order valence-electron chi connectivity index (χ3n) is 3.36. The minimum Gasteiger partial charge on any atom is -0.481 e. The number of ether oxygens (including phenoxy) is 1. The summed E-state index contributed by atoms with van der Waals surface area (Å²) in [4.78, 5) is 33.1. The van der Waals surface area contributed by atoms with Crippen molar-refractivity contribution >= 4 is 17.9 Å². The van der Waals surface area contributed by atoms with Crippen LogP contribution < -0.4 is 0 Å². The Morgan fingerprint density at radius 3 is 2.22 bits per heavy atom. The summed E-state index contributed by atoms with van der Waals surface area (Å²) >= 11 is 0. The van der Waals surface area contributed by atoms with E-state index in [1.807, 2.05) is 20.8 Å². The van der Waals surface area contributed by atoms with Crippen molar-refractivity contribution < 1.29 is 34.4 Å². The van der Waals surface area contributed by atoms with E-state index in [2.05, 4.69) is 6.08 Å². The molecule has 3 N–H and O–H groups in total. The highest BCUT2D eigenvalue weighted by molar-refractivity contribution is 5.88. The molecule has 0 aromatic carbocycles. The number of hydrogen-bond donors (Lipinski definition) is 3. The van der Waals surface area contributed by atoms with E-state index in [0.29, 0.717) is 12.3 Å². The summed E-state index contributed by atoms with van der Waals surface area (Å²) in [5.74, 6) is -3.86. The first-order valence-corrected chi connectivity index (χ1v) is 7.53. The van der Waals surface area contributed by atoms with E-state index in [0.717, 1.165) is 12.8 Å². The minimum absolute atomic E-state index is 0.109. The molecular weight excluding hydrogens is 304 g/mol. The second-order valence-corrected chi connectivity index (χ2v) is 6.06. The van der Waals surface area contributed by atoms with Gasteiger partial charge in [0.15, 0.2) is 5.60 Å². The predicted molar refractivity (Wildman–Crippen MR) is 82.9 cm³/mol. The fraction of sp³-hybridized carbons (Fsp3) is 0.688. The van der Waals surface area contributed by atoms with Crippen LogP contribution in [-0.4, -0.2) is 45.4 Å². The van der Waals surface area contributed by atoms with Gasteiger partial charge in [-0.15, -0.1) is 0 Å². The van der Waals surface area contributed by atoms with Gasteiger partial charge in [0.2, 0.25) is 0 Å². The lowest BCUT2D eigenvalue weighted by molar-refractivity contribution is -0.172. The average Bonchev–Trinajstić information content (AvgIpc) is 2.36. The van der Waals surface area contributed by atoms with Crippen molar-refractivity contribution in [2.24, 2.45) is 5.92 Å². The smallest absolute Gasteiger partial charge is 0.336 e. The van der Waals surface area contributed by atoms with Gasteiger partial charge in [-0.05, 0) is 39.0 Å². The molecule has 0 heterocycles. The van der Waals surface area contributed by atoms with Crippen LogP contribution in [0.25, 0.3) is 0 Å². The lowest BCUT2D eigenvalue weighted by Crippen LogP contribution is -2.43. The number of carbonyl (C=O) groups excluding carboxylic acids is 1. The molecule has 0 bridgehead atoms. The average molecular weight is 330 g/mol. The fourth-order valence-electron chi connectivity index (χ4n) is 1.93. The zero-order chi connectivity index (χ0) is 18.0. The quantitative estimate of drug-likeness (QED) is 0.391. The second-order valence-electron chi connectivity index (χ2n) is 6.06. The molecule has 0 aliphatic carbocycles. The Balaban J connectivity index is 4.21. The number of allylic oxidation sites excluding steroid dienone is 2. The molecule has 7 nitrogen and oxygen atoms in total. The number of carboxylic acids is 2.